The molecule has 1 aliphatic rings. The van der Waals surface area contributed by atoms with Crippen LogP contribution in [-0.2, 0) is 6.42 Å². The Kier molecular flexibility index (Phi) is 3.31. The van der Waals surface area contributed by atoms with Gasteiger partial charge < -0.3 is 10.0 Å². The van der Waals surface area contributed by atoms with Crippen molar-refractivity contribution in [3.05, 3.63) is 46.1 Å². The topological polar surface area (TPSA) is 66.3 Å². The summed E-state index contributed by atoms with van der Waals surface area (Å²) in [5.41, 5.74) is 3.18. The molecule has 24 heavy (non-hydrogen) atoms. The number of carboxylic acid groups (broad SMARTS) is 1. The van der Waals surface area contributed by atoms with E-state index < -0.39 is 5.97 Å². The quantitative estimate of drug-likeness (QED) is 0.762. The molecule has 0 amide bonds. The highest BCUT2D eigenvalue weighted by Gasteiger charge is 2.31. The molecule has 6 heteroatoms. The van der Waals surface area contributed by atoms with E-state index in [1.807, 2.05) is 26.0 Å². The summed E-state index contributed by atoms with van der Waals surface area (Å²) >= 11 is 1.22. The lowest BCUT2D eigenvalue weighted by Gasteiger charge is -2.25. The molecule has 1 unspecified atom stereocenters. The number of hydrogen-bond acceptors (Lipinski definition) is 5. The molecule has 1 N–H and O–H groups in total. The number of aryl methyl sites for hydroxylation is 2. The number of carboxylic acids is 1. The molecule has 0 fully saturated rings. The maximum atomic E-state index is 11.5. The molecule has 0 aliphatic carbocycles. The van der Waals surface area contributed by atoms with Crippen molar-refractivity contribution < 1.29 is 9.90 Å². The van der Waals surface area contributed by atoms with E-state index in [9.17, 15) is 9.90 Å². The first kappa shape index (κ1) is 15.1. The minimum Gasteiger partial charge on any atom is -0.477 e. The van der Waals surface area contributed by atoms with Crippen LogP contribution in [0.4, 0.5) is 11.5 Å². The summed E-state index contributed by atoms with van der Waals surface area (Å²) < 4.78 is 0. The van der Waals surface area contributed by atoms with Crippen LogP contribution in [0.25, 0.3) is 10.2 Å². The van der Waals surface area contributed by atoms with Gasteiger partial charge in [-0.15, -0.1) is 11.3 Å². The van der Waals surface area contributed by atoms with Gasteiger partial charge >= 0.3 is 5.97 Å². The monoisotopic (exact) mass is 339 g/mol. The standard InChI is InChI=1S/C18H17N3O2S/c1-9-8-12-6-4-5-7-13(12)21(9)16-14-10(2)15(18(22)23)24-17(14)20-11(3)19-16/h4-7,9H,8H2,1-3H3,(H,22,23). The lowest BCUT2D eigenvalue weighted by Crippen LogP contribution is -2.25. The minimum absolute atomic E-state index is 0.271. The summed E-state index contributed by atoms with van der Waals surface area (Å²) in [5.74, 6) is 0.567. The molecular formula is C18H17N3O2S. The Morgan fingerprint density at radius 2 is 2.04 bits per heavy atom. The molecule has 0 saturated heterocycles. The maximum Gasteiger partial charge on any atom is 0.346 e. The third-order valence-electron chi connectivity index (χ3n) is 4.51. The second kappa shape index (κ2) is 5.27. The molecule has 4 rings (SSSR count). The van der Waals surface area contributed by atoms with E-state index in [0.29, 0.717) is 10.7 Å². The number of thiophene rings is 1. The summed E-state index contributed by atoms with van der Waals surface area (Å²) in [6, 6.07) is 8.58. The Morgan fingerprint density at radius 1 is 1.29 bits per heavy atom. The van der Waals surface area contributed by atoms with Gasteiger partial charge in [0.05, 0.1) is 5.39 Å². The molecule has 0 spiro atoms. The van der Waals surface area contributed by atoms with E-state index in [1.54, 1.807) is 0 Å². The number of aromatic carboxylic acids is 1. The molecule has 3 heterocycles. The van der Waals surface area contributed by atoms with Crippen LogP contribution in [0.15, 0.2) is 24.3 Å². The van der Waals surface area contributed by atoms with Crippen molar-refractivity contribution in [3.63, 3.8) is 0 Å². The first-order chi connectivity index (χ1) is 11.5. The number of hydrogen-bond donors (Lipinski definition) is 1. The van der Waals surface area contributed by atoms with Crippen LogP contribution >= 0.6 is 11.3 Å². The summed E-state index contributed by atoms with van der Waals surface area (Å²) in [6.07, 6.45) is 0.954. The van der Waals surface area contributed by atoms with Crippen molar-refractivity contribution in [3.8, 4) is 0 Å². The van der Waals surface area contributed by atoms with Gasteiger partial charge in [0.15, 0.2) is 0 Å². The molecule has 0 saturated carbocycles. The third-order valence-corrected chi connectivity index (χ3v) is 5.69. The second-order valence-electron chi connectivity index (χ2n) is 6.19. The molecule has 122 valence electrons. The van der Waals surface area contributed by atoms with Gasteiger partial charge in [-0.25, -0.2) is 14.8 Å². The largest absolute Gasteiger partial charge is 0.477 e. The zero-order valence-electron chi connectivity index (χ0n) is 13.7. The number of benzene rings is 1. The maximum absolute atomic E-state index is 11.5. The van der Waals surface area contributed by atoms with E-state index in [2.05, 4.69) is 28.9 Å². The average Bonchev–Trinajstić information content (AvgIpc) is 3.03. The minimum atomic E-state index is -0.908. The summed E-state index contributed by atoms with van der Waals surface area (Å²) in [5, 5.41) is 10.3. The van der Waals surface area contributed by atoms with Gasteiger partial charge in [0, 0.05) is 11.7 Å². The fourth-order valence-electron chi connectivity index (χ4n) is 3.49. The number of anilines is 2. The van der Waals surface area contributed by atoms with Gasteiger partial charge in [-0.1, -0.05) is 18.2 Å². The molecular weight excluding hydrogens is 322 g/mol. The molecule has 0 radical (unpaired) electrons. The first-order valence-electron chi connectivity index (χ1n) is 7.85. The number of nitrogens with zero attached hydrogens (tertiary/aromatic N) is 3. The highest BCUT2D eigenvalue weighted by atomic mass is 32.1. The lowest BCUT2D eigenvalue weighted by atomic mass is 10.1. The van der Waals surface area contributed by atoms with Crippen LogP contribution in [0.1, 0.15) is 33.5 Å². The van der Waals surface area contributed by atoms with Crippen LogP contribution < -0.4 is 4.90 Å². The van der Waals surface area contributed by atoms with Crippen LogP contribution in [-0.4, -0.2) is 27.1 Å². The predicted molar refractivity (Wildman–Crippen MR) is 95.6 cm³/mol. The fraction of sp³-hybridized carbons (Fsp3) is 0.278. The number of rotatable bonds is 2. The number of fused-ring (bicyclic) bond motifs is 2. The number of aromatic nitrogens is 2. The highest BCUT2D eigenvalue weighted by Crippen LogP contribution is 2.43. The zero-order valence-corrected chi connectivity index (χ0v) is 14.5. The molecule has 1 aromatic carbocycles. The third kappa shape index (κ3) is 2.10. The van der Waals surface area contributed by atoms with E-state index >= 15 is 0 Å². The summed E-state index contributed by atoms with van der Waals surface area (Å²) in [4.78, 5) is 24.0. The van der Waals surface area contributed by atoms with Crippen molar-refractivity contribution in [1.82, 2.24) is 9.97 Å². The fourth-order valence-corrected chi connectivity index (χ4v) is 4.55. The van der Waals surface area contributed by atoms with Gasteiger partial charge in [-0.3, -0.25) is 0 Å². The highest BCUT2D eigenvalue weighted by molar-refractivity contribution is 7.20. The molecule has 5 nitrogen and oxygen atoms in total. The summed E-state index contributed by atoms with van der Waals surface area (Å²) in [7, 11) is 0. The SMILES string of the molecule is Cc1nc(N2c3ccccc3CC2C)c2c(C)c(C(=O)O)sc2n1. The molecule has 1 aliphatic heterocycles. The van der Waals surface area contributed by atoms with E-state index in [1.165, 1.54) is 16.9 Å². The Bertz CT molecular complexity index is 980. The zero-order chi connectivity index (χ0) is 17.0. The van der Waals surface area contributed by atoms with E-state index in [-0.39, 0.29) is 6.04 Å². The normalized spacial score (nSPS) is 16.6. The average molecular weight is 339 g/mol. The number of para-hydroxylation sites is 1. The Morgan fingerprint density at radius 3 is 2.79 bits per heavy atom. The predicted octanol–water partition coefficient (Wildman–Crippen LogP) is 4.09. The lowest BCUT2D eigenvalue weighted by molar-refractivity contribution is 0.0701. The van der Waals surface area contributed by atoms with Crippen molar-refractivity contribution in [2.45, 2.75) is 33.2 Å². The van der Waals surface area contributed by atoms with Gasteiger partial charge in [0.2, 0.25) is 0 Å². The molecule has 0 bridgehead atoms. The van der Waals surface area contributed by atoms with Gasteiger partial charge in [-0.2, -0.15) is 0 Å². The van der Waals surface area contributed by atoms with E-state index in [4.69, 9.17) is 4.98 Å². The first-order valence-corrected chi connectivity index (χ1v) is 8.67. The second-order valence-corrected chi connectivity index (χ2v) is 7.19. The molecule has 2 aromatic heterocycles. The van der Waals surface area contributed by atoms with Crippen LogP contribution in [0.2, 0.25) is 0 Å². The number of carbonyl (C=O) groups is 1. The molecule has 3 aromatic rings. The van der Waals surface area contributed by atoms with Crippen LogP contribution in [0.3, 0.4) is 0 Å². The van der Waals surface area contributed by atoms with Crippen LogP contribution in [0, 0.1) is 13.8 Å². The van der Waals surface area contributed by atoms with Gasteiger partial charge in [0.1, 0.15) is 21.3 Å². The van der Waals surface area contributed by atoms with Gasteiger partial charge in [0.25, 0.3) is 0 Å². The Labute approximate surface area is 143 Å². The molecule has 1 atom stereocenters. The summed E-state index contributed by atoms with van der Waals surface area (Å²) in [6.45, 7) is 5.87. The van der Waals surface area contributed by atoms with Crippen molar-refractivity contribution in [2.75, 3.05) is 4.90 Å². The van der Waals surface area contributed by atoms with Crippen molar-refractivity contribution >= 4 is 39.0 Å². The van der Waals surface area contributed by atoms with Crippen LogP contribution in [0.5, 0.6) is 0 Å². The van der Waals surface area contributed by atoms with Crippen molar-refractivity contribution in [1.29, 1.82) is 0 Å². The Hall–Kier alpha value is -2.47. The van der Waals surface area contributed by atoms with E-state index in [0.717, 1.165) is 33.7 Å². The van der Waals surface area contributed by atoms with Crippen molar-refractivity contribution in [2.24, 2.45) is 0 Å². The Balaban J connectivity index is 2.02. The smallest absolute Gasteiger partial charge is 0.346 e. The van der Waals surface area contributed by atoms with Gasteiger partial charge in [-0.05, 0) is 44.4 Å².